The Balaban J connectivity index is 1.85. The first-order chi connectivity index (χ1) is 11.9. The fourth-order valence-corrected chi connectivity index (χ4v) is 3.94. The summed E-state index contributed by atoms with van der Waals surface area (Å²) in [6.07, 6.45) is 6.20. The zero-order valence-corrected chi connectivity index (χ0v) is 15.9. The molecule has 2 aliphatic rings. The van der Waals surface area contributed by atoms with Gasteiger partial charge in [-0.2, -0.15) is 0 Å². The lowest BCUT2D eigenvalue weighted by atomic mass is 9.97. The fraction of sp³-hybridized carbons (Fsp3) is 0.684. The molecular formula is C19H30N4O2. The van der Waals surface area contributed by atoms with Crippen molar-refractivity contribution in [3.63, 3.8) is 0 Å². The molecule has 1 amide bonds. The fourth-order valence-electron chi connectivity index (χ4n) is 3.94. The van der Waals surface area contributed by atoms with E-state index in [1.165, 1.54) is 12.8 Å². The largest absolute Gasteiger partial charge is 0.378 e. The molecule has 6 heteroatoms. The summed E-state index contributed by atoms with van der Waals surface area (Å²) in [5.41, 5.74) is 1.37. The average Bonchev–Trinajstić information content (AvgIpc) is 3.04. The van der Waals surface area contributed by atoms with Gasteiger partial charge in [-0.15, -0.1) is 0 Å². The summed E-state index contributed by atoms with van der Waals surface area (Å²) in [5, 5.41) is 0. The Labute approximate surface area is 150 Å². The van der Waals surface area contributed by atoms with Gasteiger partial charge in [0.15, 0.2) is 0 Å². The third-order valence-corrected chi connectivity index (χ3v) is 5.31. The standard InChI is InChI=1S/C19H30N4O2/c1-21(2)12-16-13-25-19(8-5-6-9-19)14-23(16)18(24)17-11-15(22(3)4)7-10-20-17/h7,10-11,16H,5-6,8-9,12-14H2,1-4H3. The summed E-state index contributed by atoms with van der Waals surface area (Å²) in [6.45, 7) is 2.09. The second-order valence-corrected chi connectivity index (χ2v) is 7.84. The van der Waals surface area contributed by atoms with Crippen molar-refractivity contribution >= 4 is 11.6 Å². The zero-order valence-electron chi connectivity index (χ0n) is 15.9. The van der Waals surface area contributed by atoms with Gasteiger partial charge >= 0.3 is 0 Å². The second-order valence-electron chi connectivity index (χ2n) is 7.84. The highest BCUT2D eigenvalue weighted by atomic mass is 16.5. The molecule has 1 aliphatic heterocycles. The quantitative estimate of drug-likeness (QED) is 0.833. The first kappa shape index (κ1) is 18.1. The molecule has 25 heavy (non-hydrogen) atoms. The number of carbonyl (C=O) groups excluding carboxylic acids is 1. The smallest absolute Gasteiger partial charge is 0.272 e. The summed E-state index contributed by atoms with van der Waals surface area (Å²) in [7, 11) is 8.02. The summed E-state index contributed by atoms with van der Waals surface area (Å²) < 4.78 is 6.27. The predicted molar refractivity (Wildman–Crippen MR) is 99.1 cm³/mol. The Kier molecular flexibility index (Phi) is 5.29. The number of aromatic nitrogens is 1. The molecule has 0 N–H and O–H groups in total. The van der Waals surface area contributed by atoms with Crippen LogP contribution < -0.4 is 4.90 Å². The van der Waals surface area contributed by atoms with Gasteiger partial charge in [0.05, 0.1) is 24.8 Å². The first-order valence-corrected chi connectivity index (χ1v) is 9.13. The average molecular weight is 346 g/mol. The van der Waals surface area contributed by atoms with Crippen LogP contribution in [0, 0.1) is 0 Å². The highest BCUT2D eigenvalue weighted by Gasteiger charge is 2.44. The van der Waals surface area contributed by atoms with Gasteiger partial charge in [-0.25, -0.2) is 0 Å². The van der Waals surface area contributed by atoms with Crippen LogP contribution in [0.1, 0.15) is 36.2 Å². The van der Waals surface area contributed by atoms with E-state index in [9.17, 15) is 4.79 Å². The van der Waals surface area contributed by atoms with Crippen molar-refractivity contribution in [2.75, 3.05) is 52.8 Å². The number of amides is 1. The number of anilines is 1. The zero-order chi connectivity index (χ0) is 18.0. The van der Waals surface area contributed by atoms with E-state index in [0.717, 1.165) is 25.1 Å². The summed E-state index contributed by atoms with van der Waals surface area (Å²) in [5.74, 6) is 0.0186. The molecule has 0 aromatic carbocycles. The molecule has 1 aliphatic carbocycles. The van der Waals surface area contributed by atoms with Crippen LogP contribution in [0.25, 0.3) is 0 Å². The number of hydrogen-bond donors (Lipinski definition) is 0. The van der Waals surface area contributed by atoms with Gasteiger partial charge in [-0.05, 0) is 39.1 Å². The lowest BCUT2D eigenvalue weighted by Gasteiger charge is -2.46. The van der Waals surface area contributed by atoms with Crippen molar-refractivity contribution < 1.29 is 9.53 Å². The van der Waals surface area contributed by atoms with Crippen LogP contribution in [-0.4, -0.2) is 80.2 Å². The number of likely N-dealkylation sites (N-methyl/N-ethyl adjacent to an activating group) is 1. The molecule has 6 nitrogen and oxygen atoms in total. The van der Waals surface area contributed by atoms with E-state index in [0.29, 0.717) is 18.8 Å². The molecule has 1 saturated heterocycles. The third-order valence-electron chi connectivity index (χ3n) is 5.31. The minimum absolute atomic E-state index is 0.0186. The number of pyridine rings is 1. The van der Waals surface area contributed by atoms with E-state index in [1.54, 1.807) is 6.20 Å². The molecule has 1 unspecified atom stereocenters. The van der Waals surface area contributed by atoms with Crippen LogP contribution in [0.5, 0.6) is 0 Å². The molecule has 1 aromatic heterocycles. The Bertz CT molecular complexity index is 611. The molecule has 1 saturated carbocycles. The van der Waals surface area contributed by atoms with Gasteiger partial charge in [0.25, 0.3) is 5.91 Å². The Hall–Kier alpha value is -1.66. The topological polar surface area (TPSA) is 48.9 Å². The van der Waals surface area contributed by atoms with Gasteiger partial charge in [-0.1, -0.05) is 12.8 Å². The summed E-state index contributed by atoms with van der Waals surface area (Å²) in [4.78, 5) is 23.8. The van der Waals surface area contributed by atoms with Crippen LogP contribution in [0.2, 0.25) is 0 Å². The Morgan fingerprint density at radius 2 is 2.04 bits per heavy atom. The van der Waals surface area contributed by atoms with Crippen molar-refractivity contribution in [2.45, 2.75) is 37.3 Å². The molecule has 2 fully saturated rings. The molecule has 0 radical (unpaired) electrons. The maximum absolute atomic E-state index is 13.3. The van der Waals surface area contributed by atoms with Crippen molar-refractivity contribution in [2.24, 2.45) is 0 Å². The van der Waals surface area contributed by atoms with Crippen molar-refractivity contribution in [1.29, 1.82) is 0 Å². The van der Waals surface area contributed by atoms with E-state index in [-0.39, 0.29) is 17.6 Å². The Morgan fingerprint density at radius 3 is 2.68 bits per heavy atom. The molecule has 1 spiro atoms. The van der Waals surface area contributed by atoms with E-state index in [4.69, 9.17) is 4.74 Å². The highest BCUT2D eigenvalue weighted by Crippen LogP contribution is 2.37. The van der Waals surface area contributed by atoms with Gasteiger partial charge in [0.1, 0.15) is 5.69 Å². The van der Waals surface area contributed by atoms with Gasteiger partial charge in [-0.3, -0.25) is 9.78 Å². The van der Waals surface area contributed by atoms with Crippen LogP contribution in [0.4, 0.5) is 5.69 Å². The summed E-state index contributed by atoms with van der Waals surface area (Å²) in [6, 6.07) is 3.87. The number of ether oxygens (including phenoxy) is 1. The number of hydrogen-bond acceptors (Lipinski definition) is 5. The number of morpholine rings is 1. The predicted octanol–water partition coefficient (Wildman–Crippen LogP) is 1.86. The SMILES string of the molecule is CN(C)CC1COC2(CCCC2)CN1C(=O)c1cc(N(C)C)ccn1. The van der Waals surface area contributed by atoms with Crippen LogP contribution in [0.15, 0.2) is 18.3 Å². The van der Waals surface area contributed by atoms with Crippen molar-refractivity contribution in [1.82, 2.24) is 14.8 Å². The minimum atomic E-state index is -0.141. The van der Waals surface area contributed by atoms with E-state index in [1.807, 2.05) is 50.1 Å². The Morgan fingerprint density at radius 1 is 1.32 bits per heavy atom. The van der Waals surface area contributed by atoms with Crippen molar-refractivity contribution in [3.05, 3.63) is 24.0 Å². The van der Waals surface area contributed by atoms with Crippen LogP contribution in [0.3, 0.4) is 0 Å². The minimum Gasteiger partial charge on any atom is -0.378 e. The molecule has 2 heterocycles. The van der Waals surface area contributed by atoms with E-state index < -0.39 is 0 Å². The lowest BCUT2D eigenvalue weighted by Crippen LogP contribution is -2.60. The molecule has 138 valence electrons. The molecule has 3 rings (SSSR count). The summed E-state index contributed by atoms with van der Waals surface area (Å²) >= 11 is 0. The maximum Gasteiger partial charge on any atom is 0.272 e. The van der Waals surface area contributed by atoms with Gasteiger partial charge < -0.3 is 19.4 Å². The van der Waals surface area contributed by atoms with Gasteiger partial charge in [0.2, 0.25) is 0 Å². The van der Waals surface area contributed by atoms with Crippen molar-refractivity contribution in [3.8, 4) is 0 Å². The van der Waals surface area contributed by atoms with E-state index in [2.05, 4.69) is 9.88 Å². The second kappa shape index (κ2) is 7.30. The molecule has 0 bridgehead atoms. The van der Waals surface area contributed by atoms with E-state index >= 15 is 0 Å². The van der Waals surface area contributed by atoms with Gasteiger partial charge in [0, 0.05) is 32.5 Å². The number of carbonyl (C=O) groups is 1. The monoisotopic (exact) mass is 346 g/mol. The number of rotatable bonds is 4. The third kappa shape index (κ3) is 3.96. The molecule has 1 atom stereocenters. The van der Waals surface area contributed by atoms with Crippen LogP contribution >= 0.6 is 0 Å². The normalized spacial score (nSPS) is 22.6. The number of nitrogens with zero attached hydrogens (tertiary/aromatic N) is 4. The maximum atomic E-state index is 13.3. The highest BCUT2D eigenvalue weighted by molar-refractivity contribution is 5.93. The molecular weight excluding hydrogens is 316 g/mol. The first-order valence-electron chi connectivity index (χ1n) is 9.13. The van der Waals surface area contributed by atoms with Crippen LogP contribution in [-0.2, 0) is 4.74 Å². The lowest BCUT2D eigenvalue weighted by molar-refractivity contribution is -0.121. The molecule has 1 aromatic rings.